The van der Waals surface area contributed by atoms with Crippen LogP contribution in [0.5, 0.6) is 0 Å². The molecule has 1 saturated heterocycles. The van der Waals surface area contributed by atoms with Crippen LogP contribution >= 0.6 is 23.2 Å². The minimum absolute atomic E-state index is 0.0340. The van der Waals surface area contributed by atoms with Gasteiger partial charge in [-0.05, 0) is 50.1 Å². The lowest BCUT2D eigenvalue weighted by Crippen LogP contribution is -2.59. The van der Waals surface area contributed by atoms with Gasteiger partial charge in [0.25, 0.3) is 5.60 Å². The first-order valence-corrected chi connectivity index (χ1v) is 11.4. The number of amides is 1. The Labute approximate surface area is 209 Å². The molecule has 1 fully saturated rings. The monoisotopic (exact) mass is 532 g/mol. The number of likely N-dealkylation sites (tertiary alicyclic amines) is 1. The molecule has 0 aliphatic carbocycles. The van der Waals surface area contributed by atoms with Crippen molar-refractivity contribution in [1.29, 1.82) is 0 Å². The fourth-order valence-electron chi connectivity index (χ4n) is 4.00. The Kier molecular flexibility index (Phi) is 6.25. The first-order chi connectivity index (χ1) is 16.1. The first kappa shape index (κ1) is 25.6. The van der Waals surface area contributed by atoms with Gasteiger partial charge >= 0.3 is 12.3 Å². The largest absolute Gasteiger partial charge is 0.444 e. The molecule has 2 aromatic rings. The Morgan fingerprint density at radius 2 is 1.60 bits per heavy atom. The number of oxime groups is 1. The van der Waals surface area contributed by atoms with Gasteiger partial charge < -0.3 is 14.5 Å². The lowest BCUT2D eigenvalue weighted by molar-refractivity contribution is -0.275. The van der Waals surface area contributed by atoms with Gasteiger partial charge in [-0.3, -0.25) is 0 Å². The van der Waals surface area contributed by atoms with Gasteiger partial charge in [0, 0.05) is 22.0 Å². The summed E-state index contributed by atoms with van der Waals surface area (Å²) >= 11 is 11.8. The number of halogens is 6. The topological polar surface area (TPSA) is 51.1 Å². The smallest absolute Gasteiger partial charge is 0.435 e. The maximum Gasteiger partial charge on any atom is 0.435 e. The first-order valence-electron chi connectivity index (χ1n) is 10.7. The van der Waals surface area contributed by atoms with Crippen molar-refractivity contribution in [2.75, 3.05) is 13.1 Å². The molecule has 4 rings (SSSR count). The Morgan fingerprint density at radius 3 is 2.11 bits per heavy atom. The van der Waals surface area contributed by atoms with Crippen molar-refractivity contribution >= 4 is 35.0 Å². The number of benzene rings is 2. The van der Waals surface area contributed by atoms with E-state index in [9.17, 15) is 18.0 Å². The van der Waals surface area contributed by atoms with Crippen LogP contribution in [0.3, 0.4) is 0 Å². The molecule has 5 nitrogen and oxygen atoms in total. The highest BCUT2D eigenvalue weighted by Gasteiger charge is 2.62. The van der Waals surface area contributed by atoms with Crippen molar-refractivity contribution in [2.45, 2.75) is 50.2 Å². The second kappa shape index (κ2) is 8.55. The van der Waals surface area contributed by atoms with E-state index in [-0.39, 0.29) is 34.4 Å². The number of rotatable bonds is 3. The van der Waals surface area contributed by atoms with Gasteiger partial charge in [0.15, 0.2) is 5.67 Å². The fraction of sp³-hybridized carbons (Fsp3) is 0.417. The zero-order valence-corrected chi connectivity index (χ0v) is 20.6. The molecule has 2 heterocycles. The zero-order valence-electron chi connectivity index (χ0n) is 19.0. The van der Waals surface area contributed by atoms with Crippen LogP contribution < -0.4 is 0 Å². The maximum atomic E-state index is 15.3. The van der Waals surface area contributed by atoms with Crippen molar-refractivity contribution in [1.82, 2.24) is 4.90 Å². The Bertz CT molecular complexity index is 1150. The van der Waals surface area contributed by atoms with Crippen molar-refractivity contribution in [3.8, 4) is 0 Å². The van der Waals surface area contributed by atoms with E-state index < -0.39 is 35.6 Å². The highest BCUT2D eigenvalue weighted by molar-refractivity contribution is 6.34. The van der Waals surface area contributed by atoms with E-state index >= 15 is 4.39 Å². The SMILES string of the molecule is CC(C)(C)OC(=O)N1CC(F)(c2ccc(C3=NO[C@](c4cc(Cl)cc(Cl)c4)(C(F)(F)F)C3)cc2)C1. The third-order valence-electron chi connectivity index (χ3n) is 5.78. The average Bonchev–Trinajstić information content (AvgIpc) is 3.16. The van der Waals surface area contributed by atoms with E-state index in [0.717, 1.165) is 12.1 Å². The molecule has 0 unspecified atom stereocenters. The maximum absolute atomic E-state index is 15.3. The van der Waals surface area contributed by atoms with E-state index in [0.29, 0.717) is 11.1 Å². The number of carbonyl (C=O) groups is 1. The van der Waals surface area contributed by atoms with Crippen molar-refractivity contribution in [2.24, 2.45) is 5.16 Å². The van der Waals surface area contributed by atoms with Crippen LogP contribution in [0, 0.1) is 0 Å². The average molecular weight is 533 g/mol. The summed E-state index contributed by atoms with van der Waals surface area (Å²) in [6.07, 6.45) is -6.03. The molecule has 0 spiro atoms. The van der Waals surface area contributed by atoms with Gasteiger partial charge in [-0.2, -0.15) is 13.2 Å². The lowest BCUT2D eigenvalue weighted by Gasteiger charge is -2.44. The third-order valence-corrected chi connectivity index (χ3v) is 6.22. The molecule has 0 saturated carbocycles. The van der Waals surface area contributed by atoms with Crippen molar-refractivity contribution < 1.29 is 31.9 Å². The van der Waals surface area contributed by atoms with Gasteiger partial charge in [0.2, 0.25) is 0 Å². The highest BCUT2D eigenvalue weighted by atomic mass is 35.5. The van der Waals surface area contributed by atoms with Crippen LogP contribution in [-0.2, 0) is 20.8 Å². The summed E-state index contributed by atoms with van der Waals surface area (Å²) in [6.45, 7) is 4.79. The van der Waals surface area contributed by atoms with E-state index in [1.54, 1.807) is 20.8 Å². The van der Waals surface area contributed by atoms with E-state index in [1.165, 1.54) is 35.2 Å². The molecule has 0 N–H and O–H groups in total. The minimum atomic E-state index is -4.81. The third kappa shape index (κ3) is 4.93. The van der Waals surface area contributed by atoms with Crippen molar-refractivity contribution in [3.05, 3.63) is 69.2 Å². The second-order valence-corrected chi connectivity index (χ2v) is 10.5. The van der Waals surface area contributed by atoms with Gasteiger partial charge in [0.1, 0.15) is 5.60 Å². The summed E-state index contributed by atoms with van der Waals surface area (Å²) in [5, 5.41) is 3.77. The van der Waals surface area contributed by atoms with Crippen molar-refractivity contribution in [3.63, 3.8) is 0 Å². The van der Waals surface area contributed by atoms with Crippen LogP contribution in [0.2, 0.25) is 10.0 Å². The molecular formula is C24H22Cl2F4N2O3. The molecule has 2 aliphatic rings. The van der Waals surface area contributed by atoms with Crippen LogP contribution in [0.15, 0.2) is 47.6 Å². The van der Waals surface area contributed by atoms with E-state index in [1.807, 2.05) is 0 Å². The molecule has 2 aliphatic heterocycles. The van der Waals surface area contributed by atoms with Gasteiger partial charge in [0.05, 0.1) is 18.8 Å². The molecule has 1 atom stereocenters. The molecule has 35 heavy (non-hydrogen) atoms. The molecule has 0 bridgehead atoms. The van der Waals surface area contributed by atoms with E-state index in [2.05, 4.69) is 5.16 Å². The number of nitrogens with zero attached hydrogens (tertiary/aromatic N) is 2. The highest BCUT2D eigenvalue weighted by Crippen LogP contribution is 2.50. The Morgan fingerprint density at radius 1 is 1.03 bits per heavy atom. The second-order valence-electron chi connectivity index (χ2n) is 9.67. The number of alkyl halides is 4. The predicted molar refractivity (Wildman–Crippen MR) is 123 cm³/mol. The predicted octanol–water partition coefficient (Wildman–Crippen LogP) is 6.99. The zero-order chi connectivity index (χ0) is 25.8. The summed E-state index contributed by atoms with van der Waals surface area (Å²) in [6, 6.07) is 9.50. The van der Waals surface area contributed by atoms with E-state index in [4.69, 9.17) is 32.8 Å². The molecule has 2 aromatic carbocycles. The summed E-state index contributed by atoms with van der Waals surface area (Å²) in [5.41, 5.74) is -4.81. The molecule has 11 heteroatoms. The van der Waals surface area contributed by atoms with Gasteiger partial charge in [-0.1, -0.05) is 52.6 Å². The lowest BCUT2D eigenvalue weighted by atomic mass is 9.85. The number of ether oxygens (including phenoxy) is 1. The normalized spacial score (nSPS) is 21.7. The van der Waals surface area contributed by atoms with Gasteiger partial charge in [-0.25, -0.2) is 9.18 Å². The van der Waals surface area contributed by atoms with Crippen LogP contribution in [0.25, 0.3) is 0 Å². The molecular weight excluding hydrogens is 511 g/mol. The summed E-state index contributed by atoms with van der Waals surface area (Å²) in [5.74, 6) is 0. The summed E-state index contributed by atoms with van der Waals surface area (Å²) in [4.78, 5) is 18.3. The number of hydrogen-bond donors (Lipinski definition) is 0. The molecule has 0 aromatic heterocycles. The summed E-state index contributed by atoms with van der Waals surface area (Å²) in [7, 11) is 0. The van der Waals surface area contributed by atoms with Gasteiger partial charge in [-0.15, -0.1) is 0 Å². The number of carbonyl (C=O) groups excluding carboxylic acids is 1. The summed E-state index contributed by atoms with van der Waals surface area (Å²) < 4.78 is 63.0. The van der Waals surface area contributed by atoms with Crippen LogP contribution in [0.4, 0.5) is 22.4 Å². The fourth-order valence-corrected chi connectivity index (χ4v) is 4.53. The molecule has 188 valence electrons. The Balaban J connectivity index is 1.50. The van der Waals surface area contributed by atoms with Crippen LogP contribution in [-0.4, -0.2) is 41.6 Å². The standard InChI is InChI=1S/C24H22Cl2F4N2O3/c1-21(2,3)34-20(33)32-12-22(27,13-32)15-6-4-14(5-7-15)19-11-23(35-31-19,24(28,29)30)16-8-17(25)10-18(26)9-16/h4-10H,11-13H2,1-3H3/t23-/m1/s1. The Hall–Kier alpha value is -2.52. The molecule has 0 radical (unpaired) electrons. The minimum Gasteiger partial charge on any atom is -0.444 e. The number of hydrogen-bond acceptors (Lipinski definition) is 4. The van der Waals surface area contributed by atoms with Crippen LogP contribution in [0.1, 0.15) is 43.9 Å². The molecule has 1 amide bonds. The quantitative estimate of drug-likeness (QED) is 0.400.